The maximum atomic E-state index is 12.8. The molecule has 0 spiro atoms. The molecule has 1 aromatic heterocycles. The summed E-state index contributed by atoms with van der Waals surface area (Å²) in [6.07, 6.45) is 0. The van der Waals surface area contributed by atoms with E-state index in [4.69, 9.17) is 21.1 Å². The first-order valence-electron chi connectivity index (χ1n) is 7.18. The number of Topliss-reactive ketones (excluding diaryl/α,β-unsaturated/α-hetero) is 1. The highest BCUT2D eigenvalue weighted by Crippen LogP contribution is 2.34. The molecular weight excluding hydrogens is 344 g/mol. The van der Waals surface area contributed by atoms with Gasteiger partial charge in [-0.1, -0.05) is 24.2 Å². The first-order valence-corrected chi connectivity index (χ1v) is 8.38. The molecule has 0 N–H and O–H groups in total. The van der Waals surface area contributed by atoms with Crippen LogP contribution in [0.15, 0.2) is 49.0 Å². The minimum Gasteiger partial charge on any atom is -0.497 e. The van der Waals surface area contributed by atoms with Crippen LogP contribution in [0.2, 0.25) is 5.02 Å². The van der Waals surface area contributed by atoms with Gasteiger partial charge in [0, 0.05) is 26.9 Å². The number of benzene rings is 2. The Morgan fingerprint density at radius 2 is 1.88 bits per heavy atom. The fourth-order valence-electron chi connectivity index (χ4n) is 2.44. The fourth-order valence-corrected chi connectivity index (χ4v) is 3.74. The maximum absolute atomic E-state index is 12.8. The summed E-state index contributed by atoms with van der Waals surface area (Å²) in [4.78, 5) is 13.4. The van der Waals surface area contributed by atoms with Gasteiger partial charge in [0.2, 0.25) is 5.78 Å². The second-order valence-electron chi connectivity index (χ2n) is 5.17. The van der Waals surface area contributed by atoms with Gasteiger partial charge in [0.1, 0.15) is 11.5 Å². The number of fused-ring (bicyclic) bond motifs is 1. The molecule has 0 aliphatic rings. The van der Waals surface area contributed by atoms with E-state index in [1.54, 1.807) is 32.4 Å². The third-order valence-electron chi connectivity index (χ3n) is 3.71. The molecule has 0 atom stereocenters. The number of thiophene rings is 1. The second-order valence-corrected chi connectivity index (χ2v) is 6.69. The van der Waals surface area contributed by atoms with E-state index in [9.17, 15) is 4.79 Å². The van der Waals surface area contributed by atoms with E-state index in [0.717, 1.165) is 10.1 Å². The van der Waals surface area contributed by atoms with Crippen molar-refractivity contribution in [3.8, 4) is 11.5 Å². The van der Waals surface area contributed by atoms with Crippen molar-refractivity contribution in [1.29, 1.82) is 0 Å². The Bertz CT molecular complexity index is 943. The number of allylic oxidation sites excluding steroid dienone is 1. The van der Waals surface area contributed by atoms with Gasteiger partial charge in [0.05, 0.1) is 19.1 Å². The lowest BCUT2D eigenvalue weighted by atomic mass is 10.0. The molecule has 0 saturated heterocycles. The molecule has 0 bridgehead atoms. The zero-order chi connectivity index (χ0) is 17.3. The zero-order valence-corrected chi connectivity index (χ0v) is 14.8. The quantitative estimate of drug-likeness (QED) is 0.448. The third-order valence-corrected chi connectivity index (χ3v) is 5.05. The van der Waals surface area contributed by atoms with Crippen molar-refractivity contribution in [2.45, 2.75) is 0 Å². The molecule has 5 heteroatoms. The van der Waals surface area contributed by atoms with Crippen LogP contribution in [0.1, 0.15) is 15.2 Å². The number of halogens is 1. The second kappa shape index (κ2) is 6.67. The summed E-state index contributed by atoms with van der Waals surface area (Å²) < 4.78 is 11.5. The highest BCUT2D eigenvalue weighted by Gasteiger charge is 2.19. The molecule has 2 aromatic carbocycles. The highest BCUT2D eigenvalue weighted by atomic mass is 35.5. The molecule has 0 fully saturated rings. The maximum Gasteiger partial charge on any atom is 0.203 e. The van der Waals surface area contributed by atoms with Crippen molar-refractivity contribution in [3.05, 3.63) is 64.5 Å². The van der Waals surface area contributed by atoms with Gasteiger partial charge in [0.15, 0.2) is 0 Å². The van der Waals surface area contributed by atoms with Gasteiger partial charge in [0.25, 0.3) is 0 Å². The van der Waals surface area contributed by atoms with Crippen LogP contribution in [-0.2, 0) is 0 Å². The average molecular weight is 359 g/mol. The Labute approximate surface area is 149 Å². The standard InChI is InChI=1S/C19H15ClO3S/c1-11(15-7-6-14(22-2)10-16(15)23-3)19(21)18-8-12-4-5-13(20)9-17(12)24-18/h4-10H,1H2,2-3H3. The summed E-state index contributed by atoms with van der Waals surface area (Å²) in [6.45, 7) is 3.96. The zero-order valence-electron chi connectivity index (χ0n) is 13.3. The number of hydrogen-bond donors (Lipinski definition) is 0. The molecule has 122 valence electrons. The number of methoxy groups -OCH3 is 2. The number of hydrogen-bond acceptors (Lipinski definition) is 4. The van der Waals surface area contributed by atoms with Crippen molar-refractivity contribution in [1.82, 2.24) is 0 Å². The van der Waals surface area contributed by atoms with Crippen molar-refractivity contribution >= 4 is 44.4 Å². The summed E-state index contributed by atoms with van der Waals surface area (Å²) in [5.74, 6) is 1.08. The van der Waals surface area contributed by atoms with E-state index in [-0.39, 0.29) is 5.78 Å². The van der Waals surface area contributed by atoms with Crippen molar-refractivity contribution in [2.75, 3.05) is 14.2 Å². The smallest absolute Gasteiger partial charge is 0.203 e. The lowest BCUT2D eigenvalue weighted by Gasteiger charge is -2.11. The minimum atomic E-state index is -0.129. The molecular formula is C19H15ClO3S. The topological polar surface area (TPSA) is 35.5 Å². The Morgan fingerprint density at radius 3 is 2.58 bits per heavy atom. The van der Waals surface area contributed by atoms with Crippen molar-refractivity contribution < 1.29 is 14.3 Å². The molecule has 1 heterocycles. The first kappa shape index (κ1) is 16.6. The minimum absolute atomic E-state index is 0.129. The number of carbonyl (C=O) groups is 1. The molecule has 0 amide bonds. The van der Waals surface area contributed by atoms with Crippen LogP contribution < -0.4 is 9.47 Å². The highest BCUT2D eigenvalue weighted by molar-refractivity contribution is 7.21. The van der Waals surface area contributed by atoms with E-state index in [1.165, 1.54) is 11.3 Å². The van der Waals surface area contributed by atoms with E-state index < -0.39 is 0 Å². The van der Waals surface area contributed by atoms with E-state index in [2.05, 4.69) is 6.58 Å². The molecule has 24 heavy (non-hydrogen) atoms. The van der Waals surface area contributed by atoms with Gasteiger partial charge in [-0.05, 0) is 35.7 Å². The molecule has 0 aliphatic heterocycles. The van der Waals surface area contributed by atoms with Crippen LogP contribution in [0.5, 0.6) is 11.5 Å². The predicted octanol–water partition coefficient (Wildman–Crippen LogP) is 5.47. The van der Waals surface area contributed by atoms with Crippen LogP contribution in [0.25, 0.3) is 15.7 Å². The van der Waals surface area contributed by atoms with Crippen molar-refractivity contribution in [2.24, 2.45) is 0 Å². The van der Waals surface area contributed by atoms with E-state index in [1.807, 2.05) is 24.3 Å². The van der Waals surface area contributed by atoms with Gasteiger partial charge in [-0.2, -0.15) is 0 Å². The number of rotatable bonds is 5. The predicted molar refractivity (Wildman–Crippen MR) is 99.7 cm³/mol. The Morgan fingerprint density at radius 1 is 1.08 bits per heavy atom. The van der Waals surface area contributed by atoms with Gasteiger partial charge in [-0.15, -0.1) is 11.3 Å². The van der Waals surface area contributed by atoms with Gasteiger partial charge in [-0.25, -0.2) is 0 Å². The third kappa shape index (κ3) is 3.03. The van der Waals surface area contributed by atoms with Gasteiger partial charge < -0.3 is 9.47 Å². The first-order chi connectivity index (χ1) is 11.5. The molecule has 0 radical (unpaired) electrons. The monoisotopic (exact) mass is 358 g/mol. The lowest BCUT2D eigenvalue weighted by molar-refractivity contribution is 0.106. The molecule has 3 nitrogen and oxygen atoms in total. The van der Waals surface area contributed by atoms with Crippen LogP contribution in [0.3, 0.4) is 0 Å². The number of ketones is 1. The molecule has 3 rings (SSSR count). The summed E-state index contributed by atoms with van der Waals surface area (Å²) >= 11 is 7.41. The van der Waals surface area contributed by atoms with Gasteiger partial charge >= 0.3 is 0 Å². The lowest BCUT2D eigenvalue weighted by Crippen LogP contribution is -2.01. The Hall–Kier alpha value is -2.30. The van der Waals surface area contributed by atoms with E-state index >= 15 is 0 Å². The SMILES string of the molecule is C=C(C(=O)c1cc2ccc(Cl)cc2s1)c1ccc(OC)cc1OC. The Kier molecular flexibility index (Phi) is 4.60. The van der Waals surface area contributed by atoms with E-state index in [0.29, 0.717) is 32.5 Å². The molecule has 0 unspecified atom stereocenters. The van der Waals surface area contributed by atoms with Crippen molar-refractivity contribution in [3.63, 3.8) is 0 Å². The number of carbonyl (C=O) groups excluding carboxylic acids is 1. The Balaban J connectivity index is 1.98. The molecule has 0 aliphatic carbocycles. The normalized spacial score (nSPS) is 10.6. The van der Waals surface area contributed by atoms with Crippen LogP contribution in [-0.4, -0.2) is 20.0 Å². The molecule has 0 saturated carbocycles. The van der Waals surface area contributed by atoms with Crippen LogP contribution in [0.4, 0.5) is 0 Å². The fraction of sp³-hybridized carbons (Fsp3) is 0.105. The van der Waals surface area contributed by atoms with Crippen LogP contribution in [0, 0.1) is 0 Å². The largest absolute Gasteiger partial charge is 0.497 e. The van der Waals surface area contributed by atoms with Gasteiger partial charge in [-0.3, -0.25) is 4.79 Å². The average Bonchev–Trinajstić information content (AvgIpc) is 3.02. The summed E-state index contributed by atoms with van der Waals surface area (Å²) in [7, 11) is 3.13. The summed E-state index contributed by atoms with van der Waals surface area (Å²) in [6, 6.07) is 12.7. The van der Waals surface area contributed by atoms with Crippen LogP contribution >= 0.6 is 22.9 Å². The number of ether oxygens (including phenoxy) is 2. The summed E-state index contributed by atoms with van der Waals surface area (Å²) in [5.41, 5.74) is 1.03. The molecule has 3 aromatic rings. The summed E-state index contributed by atoms with van der Waals surface area (Å²) in [5, 5.41) is 1.64.